The largest absolute Gasteiger partial charge is 0.350 e. The second kappa shape index (κ2) is 7.65. The van der Waals surface area contributed by atoms with Gasteiger partial charge in [0.05, 0.1) is 17.3 Å². The van der Waals surface area contributed by atoms with Crippen LogP contribution in [0.15, 0.2) is 60.8 Å². The van der Waals surface area contributed by atoms with Gasteiger partial charge in [0.1, 0.15) is 0 Å². The molecule has 3 aromatic rings. The molecule has 0 unspecified atom stereocenters. The van der Waals surface area contributed by atoms with Crippen LogP contribution in [0.25, 0.3) is 0 Å². The Morgan fingerprint density at radius 1 is 1.07 bits per heavy atom. The summed E-state index contributed by atoms with van der Waals surface area (Å²) in [4.78, 5) is 11.9. The summed E-state index contributed by atoms with van der Waals surface area (Å²) in [5.41, 5.74) is 5.68. The molecule has 2 aromatic carbocycles. The average Bonchev–Trinajstić information content (AvgIpc) is 3.30. The Hall–Kier alpha value is -3.23. The van der Waals surface area contributed by atoms with E-state index in [-0.39, 0.29) is 0 Å². The standard InChI is InChI=1S/C24H23N5/c25-11-18-7-4-8-19(9-18)14-29-15-21-10-20-13-27-24(28-23(20)22(21)16-29)26-12-17-5-2-1-3-6-17/h1-9,13,21-22H,10,12,14-16H2,(H,26,27,28)/t21-,22+/m1/s1. The molecule has 1 fully saturated rings. The van der Waals surface area contributed by atoms with Gasteiger partial charge in [-0.3, -0.25) is 4.90 Å². The zero-order valence-electron chi connectivity index (χ0n) is 16.3. The quantitative estimate of drug-likeness (QED) is 0.729. The molecule has 5 rings (SSSR count). The van der Waals surface area contributed by atoms with Gasteiger partial charge in [-0.25, -0.2) is 9.97 Å². The summed E-state index contributed by atoms with van der Waals surface area (Å²) in [6.07, 6.45) is 3.07. The third kappa shape index (κ3) is 3.72. The van der Waals surface area contributed by atoms with E-state index in [2.05, 4.69) is 39.5 Å². The van der Waals surface area contributed by atoms with Crippen LogP contribution in [0.3, 0.4) is 0 Å². The van der Waals surface area contributed by atoms with Crippen molar-refractivity contribution in [3.63, 3.8) is 0 Å². The molecule has 0 bridgehead atoms. The van der Waals surface area contributed by atoms with Crippen molar-refractivity contribution in [2.24, 2.45) is 5.92 Å². The fraction of sp³-hybridized carbons (Fsp3) is 0.292. The number of fused-ring (bicyclic) bond motifs is 3. The fourth-order valence-electron chi connectivity index (χ4n) is 4.65. The lowest BCUT2D eigenvalue weighted by atomic mass is 9.99. The van der Waals surface area contributed by atoms with E-state index in [1.54, 1.807) is 0 Å². The summed E-state index contributed by atoms with van der Waals surface area (Å²) in [5, 5.41) is 12.5. The minimum atomic E-state index is 0.476. The van der Waals surface area contributed by atoms with Crippen LogP contribution in [0.1, 0.15) is 33.9 Å². The summed E-state index contributed by atoms with van der Waals surface area (Å²) >= 11 is 0. The van der Waals surface area contributed by atoms with Gasteiger partial charge in [-0.15, -0.1) is 0 Å². The minimum Gasteiger partial charge on any atom is -0.350 e. The van der Waals surface area contributed by atoms with Gasteiger partial charge in [-0.2, -0.15) is 5.26 Å². The minimum absolute atomic E-state index is 0.476. The zero-order chi connectivity index (χ0) is 19.6. The van der Waals surface area contributed by atoms with Gasteiger partial charge in [0, 0.05) is 38.3 Å². The van der Waals surface area contributed by atoms with E-state index in [0.29, 0.717) is 17.8 Å². The molecule has 0 radical (unpaired) electrons. The van der Waals surface area contributed by atoms with E-state index in [1.165, 1.54) is 22.4 Å². The van der Waals surface area contributed by atoms with E-state index >= 15 is 0 Å². The fourth-order valence-corrected chi connectivity index (χ4v) is 4.65. The summed E-state index contributed by atoms with van der Waals surface area (Å²) < 4.78 is 0. The Balaban J connectivity index is 1.27. The van der Waals surface area contributed by atoms with Gasteiger partial charge in [0.15, 0.2) is 0 Å². The van der Waals surface area contributed by atoms with Crippen LogP contribution >= 0.6 is 0 Å². The lowest BCUT2D eigenvalue weighted by molar-refractivity contribution is 0.313. The van der Waals surface area contributed by atoms with Gasteiger partial charge < -0.3 is 5.32 Å². The molecule has 1 aliphatic heterocycles. The highest BCUT2D eigenvalue weighted by Gasteiger charge is 2.41. The van der Waals surface area contributed by atoms with E-state index in [4.69, 9.17) is 10.2 Å². The van der Waals surface area contributed by atoms with E-state index in [0.717, 1.165) is 38.2 Å². The first-order chi connectivity index (χ1) is 14.3. The number of aromatic nitrogens is 2. The highest BCUT2D eigenvalue weighted by Crippen LogP contribution is 2.42. The Morgan fingerprint density at radius 3 is 2.79 bits per heavy atom. The first kappa shape index (κ1) is 17.8. The van der Waals surface area contributed by atoms with Gasteiger partial charge in [-0.05, 0) is 41.2 Å². The normalized spacial score (nSPS) is 20.1. The molecular formula is C24H23N5. The lowest BCUT2D eigenvalue weighted by Crippen LogP contribution is -2.21. The first-order valence-electron chi connectivity index (χ1n) is 10.1. The molecule has 0 saturated carbocycles. The third-order valence-corrected chi connectivity index (χ3v) is 6.00. The van der Waals surface area contributed by atoms with Crippen molar-refractivity contribution in [3.8, 4) is 6.07 Å². The maximum Gasteiger partial charge on any atom is 0.223 e. The number of hydrogen-bond donors (Lipinski definition) is 1. The van der Waals surface area contributed by atoms with E-state index in [1.807, 2.05) is 42.6 Å². The molecule has 29 heavy (non-hydrogen) atoms. The summed E-state index contributed by atoms with van der Waals surface area (Å²) in [6, 6.07) is 20.5. The number of likely N-dealkylation sites (tertiary alicyclic amines) is 1. The van der Waals surface area contributed by atoms with Crippen molar-refractivity contribution >= 4 is 5.95 Å². The molecule has 144 valence electrons. The van der Waals surface area contributed by atoms with Gasteiger partial charge in [0.2, 0.25) is 5.95 Å². The molecule has 1 aromatic heterocycles. The van der Waals surface area contributed by atoms with Crippen LogP contribution in [0.4, 0.5) is 5.95 Å². The number of nitriles is 1. The van der Waals surface area contributed by atoms with Gasteiger partial charge >= 0.3 is 0 Å². The highest BCUT2D eigenvalue weighted by atomic mass is 15.2. The highest BCUT2D eigenvalue weighted by molar-refractivity contribution is 5.38. The van der Waals surface area contributed by atoms with E-state index in [9.17, 15) is 0 Å². The van der Waals surface area contributed by atoms with Crippen molar-refractivity contribution in [3.05, 3.63) is 88.7 Å². The molecule has 1 aliphatic carbocycles. The Kier molecular flexibility index (Phi) is 4.71. The Bertz CT molecular complexity index is 1060. The lowest BCUT2D eigenvalue weighted by Gasteiger charge is -2.17. The first-order valence-corrected chi connectivity index (χ1v) is 10.1. The second-order valence-corrected chi connectivity index (χ2v) is 8.02. The van der Waals surface area contributed by atoms with Crippen molar-refractivity contribution in [2.75, 3.05) is 18.4 Å². The predicted octanol–water partition coefficient (Wildman–Crippen LogP) is 3.73. The third-order valence-electron chi connectivity index (χ3n) is 6.00. The number of hydrogen-bond acceptors (Lipinski definition) is 5. The Morgan fingerprint density at radius 2 is 1.93 bits per heavy atom. The zero-order valence-corrected chi connectivity index (χ0v) is 16.3. The van der Waals surface area contributed by atoms with Crippen LogP contribution in [0.5, 0.6) is 0 Å². The van der Waals surface area contributed by atoms with Crippen molar-refractivity contribution in [2.45, 2.75) is 25.4 Å². The number of rotatable bonds is 5. The smallest absolute Gasteiger partial charge is 0.223 e. The number of nitrogens with zero attached hydrogens (tertiary/aromatic N) is 4. The molecule has 5 nitrogen and oxygen atoms in total. The second-order valence-electron chi connectivity index (χ2n) is 8.02. The number of anilines is 1. The summed E-state index contributed by atoms with van der Waals surface area (Å²) in [6.45, 7) is 3.71. The van der Waals surface area contributed by atoms with E-state index < -0.39 is 0 Å². The molecule has 1 saturated heterocycles. The van der Waals surface area contributed by atoms with Crippen molar-refractivity contribution in [1.82, 2.24) is 14.9 Å². The van der Waals surface area contributed by atoms with Crippen LogP contribution < -0.4 is 5.32 Å². The maximum absolute atomic E-state index is 9.12. The van der Waals surface area contributed by atoms with Gasteiger partial charge in [-0.1, -0.05) is 42.5 Å². The van der Waals surface area contributed by atoms with Gasteiger partial charge in [0.25, 0.3) is 0 Å². The molecule has 1 N–H and O–H groups in total. The SMILES string of the molecule is N#Cc1cccc(CN2C[C@H]3Cc4cnc(NCc5ccccc5)nc4[C@H]3C2)c1. The van der Waals surface area contributed by atoms with Crippen LogP contribution in [0.2, 0.25) is 0 Å². The van der Waals surface area contributed by atoms with Crippen molar-refractivity contribution in [1.29, 1.82) is 5.26 Å². The topological polar surface area (TPSA) is 64.8 Å². The molecule has 2 aliphatic rings. The summed E-state index contributed by atoms with van der Waals surface area (Å²) in [5.74, 6) is 1.81. The molecule has 0 amide bonds. The number of nitrogens with one attached hydrogen (secondary N) is 1. The van der Waals surface area contributed by atoms with Crippen molar-refractivity contribution < 1.29 is 0 Å². The van der Waals surface area contributed by atoms with Crippen LogP contribution in [0, 0.1) is 17.2 Å². The van der Waals surface area contributed by atoms with Crippen LogP contribution in [-0.4, -0.2) is 28.0 Å². The monoisotopic (exact) mass is 381 g/mol. The molecule has 0 spiro atoms. The molecule has 2 heterocycles. The van der Waals surface area contributed by atoms with Crippen LogP contribution in [-0.2, 0) is 19.5 Å². The average molecular weight is 381 g/mol. The molecular weight excluding hydrogens is 358 g/mol. The maximum atomic E-state index is 9.12. The predicted molar refractivity (Wildman–Crippen MR) is 112 cm³/mol. The molecule has 5 heteroatoms. The summed E-state index contributed by atoms with van der Waals surface area (Å²) in [7, 11) is 0. The number of benzene rings is 2. The Labute approximate surface area is 171 Å². The molecule has 2 atom stereocenters.